The second-order valence-electron chi connectivity index (χ2n) is 5.79. The van der Waals surface area contributed by atoms with Crippen molar-refractivity contribution in [3.05, 3.63) is 78.4 Å². The number of carbonyl (C=O) groups is 1. The molecule has 0 bridgehead atoms. The molecule has 0 saturated carbocycles. The van der Waals surface area contributed by atoms with Crippen LogP contribution in [0.2, 0.25) is 0 Å². The van der Waals surface area contributed by atoms with Crippen LogP contribution in [-0.4, -0.2) is 25.2 Å². The lowest BCUT2D eigenvalue weighted by Gasteiger charge is -2.28. The first kappa shape index (κ1) is 17.8. The van der Waals surface area contributed by atoms with E-state index in [4.69, 9.17) is 9.47 Å². The summed E-state index contributed by atoms with van der Waals surface area (Å²) in [5, 5.41) is 3.38. The lowest BCUT2D eigenvalue weighted by molar-refractivity contribution is 0.0601. The van der Waals surface area contributed by atoms with Gasteiger partial charge in [0.25, 0.3) is 0 Å². The van der Waals surface area contributed by atoms with Crippen molar-refractivity contribution in [3.8, 4) is 0 Å². The number of carbonyl (C=O) groups excluding carboxylic acids is 1. The molecule has 4 heteroatoms. The molecule has 126 valence electrons. The van der Waals surface area contributed by atoms with Crippen molar-refractivity contribution in [2.24, 2.45) is 0 Å². The molecule has 1 N–H and O–H groups in total. The Bertz CT molecular complexity index is 667. The molecule has 2 rings (SSSR count). The van der Waals surface area contributed by atoms with Gasteiger partial charge in [-0.3, -0.25) is 0 Å². The molecule has 4 nitrogen and oxygen atoms in total. The highest BCUT2D eigenvalue weighted by Crippen LogP contribution is 2.18. The van der Waals surface area contributed by atoms with Crippen LogP contribution in [-0.2, 0) is 16.1 Å². The first-order valence-corrected chi connectivity index (χ1v) is 7.78. The molecule has 2 aromatic carbocycles. The molecule has 0 aliphatic carbocycles. The summed E-state index contributed by atoms with van der Waals surface area (Å²) in [4.78, 5) is 11.5. The average molecular weight is 325 g/mol. The maximum atomic E-state index is 11.5. The van der Waals surface area contributed by atoms with Crippen LogP contribution in [0.1, 0.15) is 22.8 Å². The second-order valence-corrected chi connectivity index (χ2v) is 5.79. The number of benzene rings is 2. The number of anilines is 1. The predicted octanol–water partition coefficient (Wildman–Crippen LogP) is 4.05. The highest BCUT2D eigenvalue weighted by molar-refractivity contribution is 5.89. The molecule has 0 saturated heterocycles. The fourth-order valence-electron chi connectivity index (χ4n) is 2.24. The van der Waals surface area contributed by atoms with Gasteiger partial charge < -0.3 is 14.8 Å². The van der Waals surface area contributed by atoms with Gasteiger partial charge in [0, 0.05) is 5.69 Å². The van der Waals surface area contributed by atoms with E-state index in [0.717, 1.165) is 11.3 Å². The third kappa shape index (κ3) is 4.96. The van der Waals surface area contributed by atoms with E-state index in [1.807, 2.05) is 55.5 Å². The Morgan fingerprint density at radius 1 is 1.17 bits per heavy atom. The summed E-state index contributed by atoms with van der Waals surface area (Å²) >= 11 is 0. The van der Waals surface area contributed by atoms with Crippen molar-refractivity contribution in [1.82, 2.24) is 0 Å². The standard InChI is InChI=1S/C20H23NO3/c1-4-20(2,15-24-14-16-8-6-5-7-9-16)21-18-12-10-17(11-13-18)19(22)23-3/h4-13,21H,1,14-15H2,2-3H3/t20-/m0/s1. The van der Waals surface area contributed by atoms with Crippen LogP contribution >= 0.6 is 0 Å². The highest BCUT2D eigenvalue weighted by atomic mass is 16.5. The van der Waals surface area contributed by atoms with Crippen LogP contribution in [0.5, 0.6) is 0 Å². The normalized spacial score (nSPS) is 12.9. The topological polar surface area (TPSA) is 47.6 Å². The number of nitrogens with one attached hydrogen (secondary N) is 1. The Morgan fingerprint density at radius 3 is 2.42 bits per heavy atom. The molecule has 0 amide bonds. The number of esters is 1. The Hall–Kier alpha value is -2.59. The van der Waals surface area contributed by atoms with Gasteiger partial charge in [-0.1, -0.05) is 36.4 Å². The van der Waals surface area contributed by atoms with Gasteiger partial charge in [0.1, 0.15) is 0 Å². The van der Waals surface area contributed by atoms with Crippen LogP contribution in [0.4, 0.5) is 5.69 Å². The van der Waals surface area contributed by atoms with E-state index in [-0.39, 0.29) is 5.97 Å². The van der Waals surface area contributed by atoms with Gasteiger partial charge in [0.05, 0.1) is 31.4 Å². The molecule has 0 heterocycles. The van der Waals surface area contributed by atoms with Gasteiger partial charge in [-0.25, -0.2) is 4.79 Å². The fraction of sp³-hybridized carbons (Fsp3) is 0.250. The van der Waals surface area contributed by atoms with Crippen molar-refractivity contribution in [2.45, 2.75) is 19.1 Å². The molecule has 24 heavy (non-hydrogen) atoms. The van der Waals surface area contributed by atoms with Gasteiger partial charge in [0.15, 0.2) is 0 Å². The highest BCUT2D eigenvalue weighted by Gasteiger charge is 2.20. The Morgan fingerprint density at radius 2 is 1.83 bits per heavy atom. The molecule has 1 atom stereocenters. The molecule has 2 aromatic rings. The van der Waals surface area contributed by atoms with Crippen molar-refractivity contribution in [3.63, 3.8) is 0 Å². The van der Waals surface area contributed by atoms with Gasteiger partial charge >= 0.3 is 5.97 Å². The first-order chi connectivity index (χ1) is 11.6. The van der Waals surface area contributed by atoms with Crippen molar-refractivity contribution >= 4 is 11.7 Å². The molecule has 0 fully saturated rings. The van der Waals surface area contributed by atoms with Gasteiger partial charge in [0.2, 0.25) is 0 Å². The van der Waals surface area contributed by atoms with E-state index in [2.05, 4.69) is 11.9 Å². The monoisotopic (exact) mass is 325 g/mol. The third-order valence-corrected chi connectivity index (χ3v) is 3.70. The third-order valence-electron chi connectivity index (χ3n) is 3.70. The average Bonchev–Trinajstić information content (AvgIpc) is 2.62. The number of ether oxygens (including phenoxy) is 2. The zero-order valence-electron chi connectivity index (χ0n) is 14.1. The summed E-state index contributed by atoms with van der Waals surface area (Å²) in [5.74, 6) is -0.348. The van der Waals surface area contributed by atoms with Gasteiger partial charge in [-0.15, -0.1) is 6.58 Å². The fourth-order valence-corrected chi connectivity index (χ4v) is 2.24. The van der Waals surface area contributed by atoms with Crippen LogP contribution in [0.3, 0.4) is 0 Å². The maximum absolute atomic E-state index is 11.5. The molecule has 0 radical (unpaired) electrons. The Balaban J connectivity index is 1.94. The maximum Gasteiger partial charge on any atom is 0.337 e. The molecular formula is C20H23NO3. The van der Waals surface area contributed by atoms with E-state index >= 15 is 0 Å². The van der Waals surface area contributed by atoms with Crippen molar-refractivity contribution in [2.75, 3.05) is 19.0 Å². The molecule has 0 aromatic heterocycles. The summed E-state index contributed by atoms with van der Waals surface area (Å²) in [6.07, 6.45) is 1.83. The van der Waals surface area contributed by atoms with Crippen LogP contribution < -0.4 is 5.32 Å². The molecule has 0 unspecified atom stereocenters. The lowest BCUT2D eigenvalue weighted by atomic mass is 10.0. The lowest BCUT2D eigenvalue weighted by Crippen LogP contribution is -2.37. The smallest absolute Gasteiger partial charge is 0.337 e. The number of hydrogen-bond acceptors (Lipinski definition) is 4. The molecule has 0 aliphatic rings. The van der Waals surface area contributed by atoms with E-state index < -0.39 is 5.54 Å². The SMILES string of the molecule is C=C[C@@](C)(COCc1ccccc1)Nc1ccc(C(=O)OC)cc1. The minimum atomic E-state index is -0.415. The van der Waals surface area contributed by atoms with Crippen LogP contribution in [0.15, 0.2) is 67.3 Å². The molecule has 0 spiro atoms. The summed E-state index contributed by atoms with van der Waals surface area (Å²) in [7, 11) is 1.37. The number of methoxy groups -OCH3 is 1. The summed E-state index contributed by atoms with van der Waals surface area (Å²) in [6, 6.07) is 17.2. The van der Waals surface area contributed by atoms with E-state index in [1.165, 1.54) is 7.11 Å². The Kier molecular flexibility index (Phi) is 6.15. The number of rotatable bonds is 8. The number of hydrogen-bond donors (Lipinski definition) is 1. The molecular weight excluding hydrogens is 302 g/mol. The zero-order chi connectivity index (χ0) is 17.4. The van der Waals surface area contributed by atoms with Crippen molar-refractivity contribution in [1.29, 1.82) is 0 Å². The van der Waals surface area contributed by atoms with Crippen LogP contribution in [0.25, 0.3) is 0 Å². The van der Waals surface area contributed by atoms with Crippen LogP contribution in [0, 0.1) is 0 Å². The summed E-state index contributed by atoms with van der Waals surface area (Å²) in [5.41, 5.74) is 2.12. The van der Waals surface area contributed by atoms with Crippen molar-refractivity contribution < 1.29 is 14.3 Å². The minimum absolute atomic E-state index is 0.348. The quantitative estimate of drug-likeness (QED) is 0.587. The van der Waals surface area contributed by atoms with Gasteiger partial charge in [-0.2, -0.15) is 0 Å². The molecule has 0 aliphatic heterocycles. The predicted molar refractivity (Wildman–Crippen MR) is 96.1 cm³/mol. The van der Waals surface area contributed by atoms with Gasteiger partial charge in [-0.05, 0) is 36.8 Å². The van der Waals surface area contributed by atoms with E-state index in [0.29, 0.717) is 18.8 Å². The minimum Gasteiger partial charge on any atom is -0.465 e. The summed E-state index contributed by atoms with van der Waals surface area (Å²) < 4.78 is 10.5. The second kappa shape index (κ2) is 8.31. The zero-order valence-corrected chi connectivity index (χ0v) is 14.1. The van der Waals surface area contributed by atoms with E-state index in [9.17, 15) is 4.79 Å². The Labute approximate surface area is 143 Å². The largest absolute Gasteiger partial charge is 0.465 e. The summed E-state index contributed by atoms with van der Waals surface area (Å²) in [6.45, 7) is 6.94. The van der Waals surface area contributed by atoms with E-state index in [1.54, 1.807) is 12.1 Å². The first-order valence-electron chi connectivity index (χ1n) is 7.78.